The predicted octanol–water partition coefficient (Wildman–Crippen LogP) is 0.599. The Morgan fingerprint density at radius 3 is 2.76 bits per heavy atom. The van der Waals surface area contributed by atoms with Gasteiger partial charge in [-0.15, -0.1) is 0 Å². The fourth-order valence-electron chi connectivity index (χ4n) is 1.05. The molecule has 17 heavy (non-hydrogen) atoms. The SMILES string of the molecule is O=C(NCCCc1ncn[nH]1)NCC(F)(F)F. The van der Waals surface area contributed by atoms with Gasteiger partial charge in [-0.2, -0.15) is 18.3 Å². The average Bonchev–Trinajstić information content (AvgIpc) is 2.73. The summed E-state index contributed by atoms with van der Waals surface area (Å²) in [6, 6.07) is -0.833. The van der Waals surface area contributed by atoms with Gasteiger partial charge in [0.25, 0.3) is 0 Å². The van der Waals surface area contributed by atoms with Gasteiger partial charge in [-0.3, -0.25) is 5.10 Å². The molecular weight excluding hydrogens is 239 g/mol. The quantitative estimate of drug-likeness (QED) is 0.670. The number of hydrogen-bond acceptors (Lipinski definition) is 3. The van der Waals surface area contributed by atoms with Gasteiger partial charge >= 0.3 is 12.2 Å². The lowest BCUT2D eigenvalue weighted by Gasteiger charge is -2.09. The molecule has 0 bridgehead atoms. The maximum atomic E-state index is 11.7. The summed E-state index contributed by atoms with van der Waals surface area (Å²) >= 11 is 0. The molecule has 0 saturated heterocycles. The smallest absolute Gasteiger partial charge is 0.338 e. The highest BCUT2D eigenvalue weighted by Crippen LogP contribution is 2.11. The number of carbonyl (C=O) groups excluding carboxylic acids is 1. The standard InChI is InChI=1S/C8H12F3N5O/c9-8(10,11)4-13-7(17)12-3-1-2-6-14-5-15-16-6/h5H,1-4H2,(H2,12,13,17)(H,14,15,16). The van der Waals surface area contributed by atoms with Crippen LogP contribution < -0.4 is 10.6 Å². The lowest BCUT2D eigenvalue weighted by atomic mass is 10.3. The summed E-state index contributed by atoms with van der Waals surface area (Å²) in [6.45, 7) is -1.06. The molecular formula is C8H12F3N5O. The Labute approximate surface area is 95.0 Å². The van der Waals surface area contributed by atoms with Gasteiger partial charge in [-0.25, -0.2) is 9.78 Å². The first kappa shape index (κ1) is 13.3. The Hall–Kier alpha value is -1.80. The van der Waals surface area contributed by atoms with E-state index in [-0.39, 0.29) is 6.54 Å². The van der Waals surface area contributed by atoms with Crippen molar-refractivity contribution < 1.29 is 18.0 Å². The summed E-state index contributed by atoms with van der Waals surface area (Å²) in [5.41, 5.74) is 0. The number of hydrogen-bond donors (Lipinski definition) is 3. The number of halogens is 3. The molecule has 0 atom stereocenters. The third-order valence-corrected chi connectivity index (χ3v) is 1.79. The van der Waals surface area contributed by atoms with E-state index >= 15 is 0 Å². The maximum Gasteiger partial charge on any atom is 0.405 e. The number of urea groups is 1. The fourth-order valence-corrected chi connectivity index (χ4v) is 1.05. The van der Waals surface area contributed by atoms with Crippen LogP contribution in [0, 0.1) is 0 Å². The van der Waals surface area contributed by atoms with E-state index in [1.54, 1.807) is 5.32 Å². The number of amides is 2. The maximum absolute atomic E-state index is 11.7. The fraction of sp³-hybridized carbons (Fsp3) is 0.625. The van der Waals surface area contributed by atoms with Crippen molar-refractivity contribution in [2.24, 2.45) is 0 Å². The van der Waals surface area contributed by atoms with E-state index in [0.29, 0.717) is 18.7 Å². The Bertz CT molecular complexity index is 337. The number of alkyl halides is 3. The highest BCUT2D eigenvalue weighted by molar-refractivity contribution is 5.73. The van der Waals surface area contributed by atoms with E-state index in [1.807, 2.05) is 0 Å². The molecule has 0 aliphatic heterocycles. The molecule has 2 amide bonds. The van der Waals surface area contributed by atoms with E-state index in [0.717, 1.165) is 0 Å². The summed E-state index contributed by atoms with van der Waals surface area (Å²) in [6.07, 6.45) is -1.90. The van der Waals surface area contributed by atoms with Gasteiger partial charge in [0.05, 0.1) is 0 Å². The van der Waals surface area contributed by atoms with Crippen LogP contribution in [0.5, 0.6) is 0 Å². The molecule has 0 aliphatic rings. The number of aromatic nitrogens is 3. The van der Waals surface area contributed by atoms with E-state index in [1.165, 1.54) is 6.33 Å². The summed E-state index contributed by atoms with van der Waals surface area (Å²) in [5.74, 6) is 0.669. The van der Waals surface area contributed by atoms with Crippen LogP contribution in [0.3, 0.4) is 0 Å². The molecule has 9 heteroatoms. The summed E-state index contributed by atoms with van der Waals surface area (Å²) in [7, 11) is 0. The van der Waals surface area contributed by atoms with E-state index in [2.05, 4.69) is 20.5 Å². The van der Waals surface area contributed by atoms with Gasteiger partial charge in [0.2, 0.25) is 0 Å². The summed E-state index contributed by atoms with van der Waals surface area (Å²) < 4.78 is 35.2. The molecule has 1 heterocycles. The number of H-pyrrole nitrogens is 1. The lowest BCUT2D eigenvalue weighted by Crippen LogP contribution is -2.41. The Balaban J connectivity index is 2.04. The Kier molecular flexibility index (Phi) is 4.73. The van der Waals surface area contributed by atoms with Crippen molar-refractivity contribution in [3.63, 3.8) is 0 Å². The van der Waals surface area contributed by atoms with Crippen molar-refractivity contribution >= 4 is 6.03 Å². The molecule has 0 unspecified atom stereocenters. The summed E-state index contributed by atoms with van der Waals surface area (Å²) in [4.78, 5) is 14.8. The molecule has 1 aromatic heterocycles. The zero-order valence-electron chi connectivity index (χ0n) is 8.84. The van der Waals surface area contributed by atoms with Crippen molar-refractivity contribution in [1.29, 1.82) is 0 Å². The predicted molar refractivity (Wildman–Crippen MR) is 52.2 cm³/mol. The van der Waals surface area contributed by atoms with Gasteiger partial charge in [0.1, 0.15) is 18.7 Å². The van der Waals surface area contributed by atoms with Crippen molar-refractivity contribution in [3.8, 4) is 0 Å². The molecule has 1 aromatic rings. The average molecular weight is 251 g/mol. The first-order chi connectivity index (χ1) is 7.97. The van der Waals surface area contributed by atoms with Crippen molar-refractivity contribution in [2.75, 3.05) is 13.1 Å². The number of nitrogens with one attached hydrogen (secondary N) is 3. The van der Waals surface area contributed by atoms with Crippen LogP contribution in [0.2, 0.25) is 0 Å². The number of carbonyl (C=O) groups is 1. The van der Waals surface area contributed by atoms with Crippen LogP contribution in [0.4, 0.5) is 18.0 Å². The van der Waals surface area contributed by atoms with E-state index in [4.69, 9.17) is 0 Å². The van der Waals surface area contributed by atoms with E-state index in [9.17, 15) is 18.0 Å². The monoisotopic (exact) mass is 251 g/mol. The molecule has 0 aliphatic carbocycles. The molecule has 96 valence electrons. The second-order valence-corrected chi connectivity index (χ2v) is 3.26. The summed E-state index contributed by atoms with van der Waals surface area (Å²) in [5, 5.41) is 10.3. The molecule has 6 nitrogen and oxygen atoms in total. The second kappa shape index (κ2) is 6.06. The molecule has 3 N–H and O–H groups in total. The molecule has 0 aromatic carbocycles. The van der Waals surface area contributed by atoms with Crippen LogP contribution in [0.15, 0.2) is 6.33 Å². The molecule has 0 fully saturated rings. The van der Waals surface area contributed by atoms with Crippen molar-refractivity contribution in [2.45, 2.75) is 19.0 Å². The Morgan fingerprint density at radius 1 is 1.41 bits per heavy atom. The van der Waals surface area contributed by atoms with Crippen LogP contribution in [-0.2, 0) is 6.42 Å². The molecule has 1 rings (SSSR count). The Morgan fingerprint density at radius 2 is 2.18 bits per heavy atom. The van der Waals surface area contributed by atoms with Gasteiger partial charge < -0.3 is 10.6 Å². The largest absolute Gasteiger partial charge is 0.405 e. The van der Waals surface area contributed by atoms with Gasteiger partial charge in [-0.05, 0) is 6.42 Å². The number of nitrogens with zero attached hydrogens (tertiary/aromatic N) is 2. The minimum atomic E-state index is -4.39. The minimum Gasteiger partial charge on any atom is -0.338 e. The molecule has 0 saturated carbocycles. The second-order valence-electron chi connectivity index (χ2n) is 3.26. The van der Waals surface area contributed by atoms with Gasteiger partial charge in [0, 0.05) is 13.0 Å². The molecule has 0 spiro atoms. The zero-order chi connectivity index (χ0) is 12.7. The van der Waals surface area contributed by atoms with Crippen LogP contribution in [-0.4, -0.2) is 40.5 Å². The highest BCUT2D eigenvalue weighted by Gasteiger charge is 2.27. The number of rotatable bonds is 5. The third kappa shape index (κ3) is 6.38. The van der Waals surface area contributed by atoms with Crippen molar-refractivity contribution in [3.05, 3.63) is 12.2 Å². The van der Waals surface area contributed by atoms with Crippen LogP contribution >= 0.6 is 0 Å². The lowest BCUT2D eigenvalue weighted by molar-refractivity contribution is -0.122. The van der Waals surface area contributed by atoms with Crippen molar-refractivity contribution in [1.82, 2.24) is 25.8 Å². The van der Waals surface area contributed by atoms with Gasteiger partial charge in [-0.1, -0.05) is 0 Å². The van der Waals surface area contributed by atoms with E-state index < -0.39 is 18.8 Å². The third-order valence-electron chi connectivity index (χ3n) is 1.79. The van der Waals surface area contributed by atoms with Gasteiger partial charge in [0.15, 0.2) is 0 Å². The number of aryl methyl sites for hydroxylation is 1. The normalized spacial score (nSPS) is 11.2. The minimum absolute atomic E-state index is 0.268. The topological polar surface area (TPSA) is 82.7 Å². The van der Waals surface area contributed by atoms with Crippen LogP contribution in [0.1, 0.15) is 12.2 Å². The first-order valence-corrected chi connectivity index (χ1v) is 4.90. The highest BCUT2D eigenvalue weighted by atomic mass is 19.4. The molecule has 0 radical (unpaired) electrons. The number of aromatic amines is 1. The zero-order valence-corrected chi connectivity index (χ0v) is 8.84. The first-order valence-electron chi connectivity index (χ1n) is 4.90. The van der Waals surface area contributed by atoms with Crippen LogP contribution in [0.25, 0.3) is 0 Å².